The van der Waals surface area contributed by atoms with Gasteiger partial charge >= 0.3 is 0 Å². The maximum Gasteiger partial charge on any atom is 0.222 e. The maximum absolute atomic E-state index is 11.2. The Balaban J connectivity index is 2.38. The molecule has 82 valence electrons. The molecule has 2 heterocycles. The van der Waals surface area contributed by atoms with Crippen LogP contribution in [0.15, 0.2) is 6.20 Å². The van der Waals surface area contributed by atoms with Gasteiger partial charge in [0.2, 0.25) is 5.91 Å². The van der Waals surface area contributed by atoms with E-state index in [4.69, 9.17) is 12.2 Å². The summed E-state index contributed by atoms with van der Waals surface area (Å²) in [6.45, 7) is 4.93. The van der Waals surface area contributed by atoms with E-state index in [-0.39, 0.29) is 11.9 Å². The van der Waals surface area contributed by atoms with Gasteiger partial charge in [-0.15, -0.1) is 0 Å². The van der Waals surface area contributed by atoms with Crippen molar-refractivity contribution in [1.82, 2.24) is 14.9 Å². The lowest BCUT2D eigenvalue weighted by atomic mass is 10.1. The van der Waals surface area contributed by atoms with Crippen LogP contribution in [0.3, 0.4) is 0 Å². The van der Waals surface area contributed by atoms with E-state index in [9.17, 15) is 4.79 Å². The first-order chi connectivity index (χ1) is 7.09. The smallest absolute Gasteiger partial charge is 0.222 e. The third-order valence-electron chi connectivity index (χ3n) is 2.75. The molecule has 1 unspecified atom stereocenters. The highest BCUT2D eigenvalue weighted by atomic mass is 32.1. The van der Waals surface area contributed by atoms with Crippen molar-refractivity contribution in [3.8, 4) is 0 Å². The van der Waals surface area contributed by atoms with Crippen molar-refractivity contribution in [3.05, 3.63) is 16.7 Å². The Kier molecular flexibility index (Phi) is 2.65. The summed E-state index contributed by atoms with van der Waals surface area (Å²) in [5.74, 6) is 0.520. The van der Waals surface area contributed by atoms with E-state index < -0.39 is 0 Å². The molecular formula is C10H15N3OS. The van der Waals surface area contributed by atoms with Crippen molar-refractivity contribution in [2.75, 3.05) is 6.54 Å². The topological polar surface area (TPSA) is 49.8 Å². The number of carbonyl (C=O) groups excluding carboxylic acids is 1. The second-order valence-electron chi connectivity index (χ2n) is 4.21. The summed E-state index contributed by atoms with van der Waals surface area (Å²) in [6.07, 6.45) is 2.47. The van der Waals surface area contributed by atoms with Crippen LogP contribution in [-0.4, -0.2) is 22.0 Å². The molecule has 0 bridgehead atoms. The lowest BCUT2D eigenvalue weighted by Gasteiger charge is -2.15. The van der Waals surface area contributed by atoms with E-state index in [1.54, 1.807) is 0 Å². The van der Waals surface area contributed by atoms with Gasteiger partial charge in [0.05, 0.1) is 6.04 Å². The molecule has 1 aromatic heterocycles. The Labute approximate surface area is 93.7 Å². The van der Waals surface area contributed by atoms with Gasteiger partial charge in [0, 0.05) is 24.9 Å². The van der Waals surface area contributed by atoms with Gasteiger partial charge in [-0.1, -0.05) is 13.8 Å². The fourth-order valence-electron chi connectivity index (χ4n) is 1.99. The summed E-state index contributed by atoms with van der Waals surface area (Å²) < 4.78 is 2.78. The highest BCUT2D eigenvalue weighted by molar-refractivity contribution is 7.71. The monoisotopic (exact) mass is 225 g/mol. The second kappa shape index (κ2) is 3.81. The lowest BCUT2D eigenvalue weighted by Crippen LogP contribution is -2.17. The third kappa shape index (κ3) is 1.84. The van der Waals surface area contributed by atoms with Crippen LogP contribution in [0, 0.1) is 4.77 Å². The minimum atomic E-state index is 0.109. The first kappa shape index (κ1) is 10.4. The number of hydrogen-bond donors (Lipinski definition) is 2. The molecule has 1 aromatic rings. The predicted molar refractivity (Wildman–Crippen MR) is 60.4 cm³/mol. The SMILES string of the molecule is CC(C)c1c[nH]c(=S)n1C1CNC(=O)C1. The van der Waals surface area contributed by atoms with E-state index in [0.717, 1.165) is 0 Å². The van der Waals surface area contributed by atoms with E-state index in [0.29, 0.717) is 23.7 Å². The summed E-state index contributed by atoms with van der Waals surface area (Å²) in [7, 11) is 0. The van der Waals surface area contributed by atoms with E-state index >= 15 is 0 Å². The fourth-order valence-corrected chi connectivity index (χ4v) is 2.30. The predicted octanol–water partition coefficient (Wildman–Crippen LogP) is 1.73. The zero-order chi connectivity index (χ0) is 11.0. The Morgan fingerprint density at radius 1 is 1.60 bits per heavy atom. The summed E-state index contributed by atoms with van der Waals surface area (Å²) in [4.78, 5) is 14.2. The summed E-state index contributed by atoms with van der Waals surface area (Å²) >= 11 is 5.24. The van der Waals surface area contributed by atoms with E-state index in [1.807, 2.05) is 6.20 Å². The van der Waals surface area contributed by atoms with Crippen LogP contribution in [0.4, 0.5) is 0 Å². The molecule has 1 fully saturated rings. The summed E-state index contributed by atoms with van der Waals surface area (Å²) in [5, 5.41) is 2.83. The molecule has 1 aliphatic rings. The Morgan fingerprint density at radius 2 is 2.33 bits per heavy atom. The number of rotatable bonds is 2. The molecule has 2 N–H and O–H groups in total. The zero-order valence-electron chi connectivity index (χ0n) is 8.91. The number of hydrogen-bond acceptors (Lipinski definition) is 2. The molecule has 0 aromatic carbocycles. The molecule has 1 aliphatic heterocycles. The first-order valence-corrected chi connectivity index (χ1v) is 5.57. The molecule has 0 radical (unpaired) electrons. The molecule has 15 heavy (non-hydrogen) atoms. The van der Waals surface area contributed by atoms with Crippen molar-refractivity contribution in [1.29, 1.82) is 0 Å². The molecule has 1 atom stereocenters. The number of amides is 1. The number of nitrogens with zero attached hydrogens (tertiary/aromatic N) is 1. The average molecular weight is 225 g/mol. The third-order valence-corrected chi connectivity index (χ3v) is 3.07. The zero-order valence-corrected chi connectivity index (χ0v) is 9.73. The minimum Gasteiger partial charge on any atom is -0.354 e. The number of H-pyrrole nitrogens is 1. The van der Waals surface area contributed by atoms with Gasteiger partial charge in [-0.05, 0) is 18.1 Å². The average Bonchev–Trinajstić information content (AvgIpc) is 2.71. The lowest BCUT2D eigenvalue weighted by molar-refractivity contribution is -0.119. The Hall–Kier alpha value is -1.10. The number of imidazole rings is 1. The van der Waals surface area contributed by atoms with Crippen LogP contribution in [0.1, 0.15) is 37.9 Å². The van der Waals surface area contributed by atoms with Crippen LogP contribution in [0.5, 0.6) is 0 Å². The van der Waals surface area contributed by atoms with Gasteiger partial charge in [0.25, 0.3) is 0 Å². The van der Waals surface area contributed by atoms with Crippen LogP contribution < -0.4 is 5.32 Å². The van der Waals surface area contributed by atoms with Crippen molar-refractivity contribution < 1.29 is 4.79 Å². The molecule has 5 heteroatoms. The van der Waals surface area contributed by atoms with Gasteiger partial charge < -0.3 is 14.9 Å². The van der Waals surface area contributed by atoms with Crippen LogP contribution in [-0.2, 0) is 4.79 Å². The molecule has 1 saturated heterocycles. The van der Waals surface area contributed by atoms with Crippen LogP contribution in [0.2, 0.25) is 0 Å². The molecule has 0 saturated carbocycles. The minimum absolute atomic E-state index is 0.109. The standard InChI is InChI=1S/C10H15N3OS/c1-6(2)8-5-12-10(15)13(8)7-3-9(14)11-4-7/h5-7H,3-4H2,1-2H3,(H,11,14)(H,12,15). The number of aromatic amines is 1. The van der Waals surface area contributed by atoms with Crippen LogP contribution in [0.25, 0.3) is 0 Å². The summed E-state index contributed by atoms with van der Waals surface area (Å²) in [6, 6.07) is 0.175. The van der Waals surface area contributed by atoms with Gasteiger partial charge in [0.15, 0.2) is 4.77 Å². The molecule has 0 spiro atoms. The van der Waals surface area contributed by atoms with Gasteiger partial charge in [-0.25, -0.2) is 0 Å². The molecule has 1 amide bonds. The Bertz CT molecular complexity index is 432. The first-order valence-electron chi connectivity index (χ1n) is 5.16. The molecular weight excluding hydrogens is 210 g/mol. The number of aromatic nitrogens is 2. The van der Waals surface area contributed by atoms with Gasteiger partial charge in [-0.2, -0.15) is 0 Å². The quantitative estimate of drug-likeness (QED) is 0.753. The molecule has 0 aliphatic carbocycles. The van der Waals surface area contributed by atoms with Crippen molar-refractivity contribution in [2.24, 2.45) is 0 Å². The normalized spacial score (nSPS) is 21.0. The fraction of sp³-hybridized carbons (Fsp3) is 0.600. The largest absolute Gasteiger partial charge is 0.354 e. The highest BCUT2D eigenvalue weighted by Crippen LogP contribution is 2.23. The maximum atomic E-state index is 11.2. The number of nitrogens with one attached hydrogen (secondary N) is 2. The van der Waals surface area contributed by atoms with Crippen molar-refractivity contribution >= 4 is 18.1 Å². The second-order valence-corrected chi connectivity index (χ2v) is 4.59. The van der Waals surface area contributed by atoms with E-state index in [1.165, 1.54) is 5.69 Å². The highest BCUT2D eigenvalue weighted by Gasteiger charge is 2.25. The Morgan fingerprint density at radius 3 is 2.87 bits per heavy atom. The summed E-state index contributed by atoms with van der Waals surface area (Å²) in [5.41, 5.74) is 1.17. The molecule has 2 rings (SSSR count). The van der Waals surface area contributed by atoms with Crippen LogP contribution >= 0.6 is 12.2 Å². The van der Waals surface area contributed by atoms with Crippen molar-refractivity contribution in [3.63, 3.8) is 0 Å². The van der Waals surface area contributed by atoms with Gasteiger partial charge in [0.1, 0.15) is 0 Å². The molecule has 4 nitrogen and oxygen atoms in total. The van der Waals surface area contributed by atoms with Gasteiger partial charge in [-0.3, -0.25) is 4.79 Å². The number of carbonyl (C=O) groups is 1. The van der Waals surface area contributed by atoms with Crippen molar-refractivity contribution in [2.45, 2.75) is 32.2 Å². The van der Waals surface area contributed by atoms with E-state index in [2.05, 4.69) is 28.7 Å².